The molecule has 1 aliphatic carbocycles. The molecule has 0 saturated heterocycles. The van der Waals surface area contributed by atoms with E-state index in [0.29, 0.717) is 0 Å². The van der Waals surface area contributed by atoms with Crippen molar-refractivity contribution in [2.45, 2.75) is 38.9 Å². The fourth-order valence-electron chi connectivity index (χ4n) is 4.12. The van der Waals surface area contributed by atoms with E-state index in [-0.39, 0.29) is 19.1 Å². The zero-order valence-corrected chi connectivity index (χ0v) is 21.1. The van der Waals surface area contributed by atoms with Crippen LogP contribution in [0.25, 0.3) is 11.1 Å². The third-order valence-electron chi connectivity index (χ3n) is 5.71. The monoisotopic (exact) mass is 502 g/mol. The minimum atomic E-state index is -0.905. The molecule has 0 bridgehead atoms. The van der Waals surface area contributed by atoms with E-state index in [2.05, 4.69) is 5.43 Å². The Morgan fingerprint density at radius 1 is 0.811 bits per heavy atom. The van der Waals surface area contributed by atoms with Crippen LogP contribution in [0.4, 0.5) is 9.59 Å². The number of fused-ring (bicyclic) bond motifs is 3. The van der Waals surface area contributed by atoms with Gasteiger partial charge in [-0.05, 0) is 48.6 Å². The highest BCUT2D eigenvalue weighted by atomic mass is 16.6. The molecule has 4 rings (SSSR count). The first-order chi connectivity index (χ1) is 17.7. The van der Waals surface area contributed by atoms with Crippen molar-refractivity contribution >= 4 is 18.2 Å². The molecule has 0 unspecified atom stereocenters. The molecule has 8 heteroatoms. The van der Waals surface area contributed by atoms with Crippen LogP contribution in [0.2, 0.25) is 0 Å². The van der Waals surface area contributed by atoms with Gasteiger partial charge in [0, 0.05) is 5.92 Å². The average Bonchev–Trinajstić information content (AvgIpc) is 3.19. The molecule has 37 heavy (non-hydrogen) atoms. The number of benzene rings is 3. The van der Waals surface area contributed by atoms with Crippen molar-refractivity contribution < 1.29 is 28.6 Å². The number of carbonyl (C=O) groups excluding carboxylic acids is 3. The Labute approximate surface area is 216 Å². The number of amides is 2. The minimum Gasteiger partial charge on any atom is -0.459 e. The van der Waals surface area contributed by atoms with Crippen LogP contribution in [0.15, 0.2) is 78.9 Å². The van der Waals surface area contributed by atoms with E-state index < -0.39 is 30.3 Å². The highest BCUT2D eigenvalue weighted by Crippen LogP contribution is 2.44. The van der Waals surface area contributed by atoms with Crippen LogP contribution in [0.3, 0.4) is 0 Å². The second kappa shape index (κ2) is 11.2. The van der Waals surface area contributed by atoms with Gasteiger partial charge < -0.3 is 14.2 Å². The highest BCUT2D eigenvalue weighted by molar-refractivity contribution is 5.81. The van der Waals surface area contributed by atoms with Gasteiger partial charge in [-0.3, -0.25) is 4.79 Å². The van der Waals surface area contributed by atoms with Gasteiger partial charge in [0.1, 0.15) is 25.4 Å². The molecule has 0 radical (unpaired) electrons. The van der Waals surface area contributed by atoms with Gasteiger partial charge in [-0.15, -0.1) is 0 Å². The molecule has 2 amide bonds. The van der Waals surface area contributed by atoms with Crippen molar-refractivity contribution in [2.24, 2.45) is 0 Å². The van der Waals surface area contributed by atoms with Crippen LogP contribution >= 0.6 is 0 Å². The molecule has 8 nitrogen and oxygen atoms in total. The third kappa shape index (κ3) is 6.67. The van der Waals surface area contributed by atoms with E-state index in [1.165, 1.54) is 0 Å². The normalized spacial score (nSPS) is 12.2. The molecule has 0 aliphatic heterocycles. The summed E-state index contributed by atoms with van der Waals surface area (Å²) >= 11 is 0. The van der Waals surface area contributed by atoms with E-state index in [9.17, 15) is 14.4 Å². The highest BCUT2D eigenvalue weighted by Gasteiger charge is 2.30. The molecule has 0 atom stereocenters. The van der Waals surface area contributed by atoms with Crippen LogP contribution in [0, 0.1) is 0 Å². The van der Waals surface area contributed by atoms with Crippen molar-refractivity contribution in [3.8, 4) is 11.1 Å². The molecule has 0 heterocycles. The fourth-order valence-corrected chi connectivity index (χ4v) is 4.12. The number of hydrogen-bond acceptors (Lipinski definition) is 6. The number of nitrogens with zero attached hydrogens (tertiary/aromatic N) is 1. The van der Waals surface area contributed by atoms with Gasteiger partial charge in [0.05, 0.1) is 0 Å². The molecule has 0 saturated carbocycles. The van der Waals surface area contributed by atoms with Gasteiger partial charge in [-0.25, -0.2) is 20.0 Å². The van der Waals surface area contributed by atoms with Crippen LogP contribution in [-0.4, -0.2) is 41.9 Å². The number of esters is 1. The first-order valence-corrected chi connectivity index (χ1v) is 12.0. The smallest absolute Gasteiger partial charge is 0.429 e. The molecular weight excluding hydrogens is 472 g/mol. The number of ether oxygens (including phenoxy) is 3. The lowest BCUT2D eigenvalue weighted by Crippen LogP contribution is -2.51. The van der Waals surface area contributed by atoms with Crippen LogP contribution in [-0.2, 0) is 25.6 Å². The van der Waals surface area contributed by atoms with Gasteiger partial charge in [0.25, 0.3) is 0 Å². The summed E-state index contributed by atoms with van der Waals surface area (Å²) in [5.41, 5.74) is 6.61. The summed E-state index contributed by atoms with van der Waals surface area (Å²) in [5, 5.41) is 0.761. The number of hydrazine groups is 1. The van der Waals surface area contributed by atoms with Gasteiger partial charge in [0.2, 0.25) is 0 Å². The number of hydrogen-bond donors (Lipinski definition) is 1. The van der Waals surface area contributed by atoms with Gasteiger partial charge in [-0.2, -0.15) is 0 Å². The molecule has 0 spiro atoms. The summed E-state index contributed by atoms with van der Waals surface area (Å²) in [6.45, 7) is 4.59. The largest absolute Gasteiger partial charge is 0.459 e. The second-order valence-corrected chi connectivity index (χ2v) is 9.65. The summed E-state index contributed by atoms with van der Waals surface area (Å²) in [6.07, 6.45) is -1.79. The van der Waals surface area contributed by atoms with E-state index in [1.807, 2.05) is 78.9 Å². The number of rotatable bonds is 6. The lowest BCUT2D eigenvalue weighted by molar-refractivity contribution is -0.146. The summed E-state index contributed by atoms with van der Waals surface area (Å²) in [4.78, 5) is 37.9. The summed E-state index contributed by atoms with van der Waals surface area (Å²) in [7, 11) is 0. The molecule has 0 aromatic heterocycles. The van der Waals surface area contributed by atoms with Crippen molar-refractivity contribution in [2.75, 3.05) is 13.2 Å². The molecule has 1 aliphatic rings. The van der Waals surface area contributed by atoms with E-state index >= 15 is 0 Å². The van der Waals surface area contributed by atoms with E-state index in [0.717, 1.165) is 32.8 Å². The van der Waals surface area contributed by atoms with Crippen molar-refractivity contribution in [3.05, 3.63) is 95.6 Å². The SMILES string of the molecule is CC(C)(C)OC(=O)N(CC(=O)OCc1ccccc1)NC(=O)OCC1c2ccccc2-c2ccccc21. The average molecular weight is 503 g/mol. The molecular formula is C29H30N2O6. The second-order valence-electron chi connectivity index (χ2n) is 9.65. The maximum absolute atomic E-state index is 12.7. The first-order valence-electron chi connectivity index (χ1n) is 12.0. The van der Waals surface area contributed by atoms with Gasteiger partial charge in [0.15, 0.2) is 0 Å². The number of nitrogens with one attached hydrogen (secondary N) is 1. The van der Waals surface area contributed by atoms with Crippen molar-refractivity contribution in [3.63, 3.8) is 0 Å². The van der Waals surface area contributed by atoms with Crippen molar-refractivity contribution in [1.29, 1.82) is 0 Å². The quantitative estimate of drug-likeness (QED) is 0.275. The van der Waals surface area contributed by atoms with Gasteiger partial charge >= 0.3 is 18.2 Å². The van der Waals surface area contributed by atoms with E-state index in [4.69, 9.17) is 14.2 Å². The Bertz CT molecular complexity index is 1220. The van der Waals surface area contributed by atoms with Crippen LogP contribution < -0.4 is 5.43 Å². The maximum Gasteiger partial charge on any atom is 0.429 e. The zero-order valence-electron chi connectivity index (χ0n) is 21.1. The predicted molar refractivity (Wildman–Crippen MR) is 137 cm³/mol. The third-order valence-corrected chi connectivity index (χ3v) is 5.71. The zero-order chi connectivity index (χ0) is 26.4. The topological polar surface area (TPSA) is 94.2 Å². The lowest BCUT2D eigenvalue weighted by Gasteiger charge is -2.27. The summed E-state index contributed by atoms with van der Waals surface area (Å²) in [5.74, 6) is -0.863. The molecule has 3 aromatic carbocycles. The van der Waals surface area contributed by atoms with Crippen LogP contribution in [0.1, 0.15) is 43.4 Å². The Morgan fingerprint density at radius 3 is 1.97 bits per heavy atom. The fraction of sp³-hybridized carbons (Fsp3) is 0.276. The molecule has 1 N–H and O–H groups in total. The minimum absolute atomic E-state index is 0.0345. The summed E-state index contributed by atoms with van der Waals surface area (Å²) in [6, 6.07) is 25.1. The Hall–Kier alpha value is -4.33. The molecule has 3 aromatic rings. The van der Waals surface area contributed by atoms with Crippen molar-refractivity contribution in [1.82, 2.24) is 10.4 Å². The Balaban J connectivity index is 1.40. The first kappa shape index (κ1) is 25.8. The van der Waals surface area contributed by atoms with Gasteiger partial charge in [-0.1, -0.05) is 78.9 Å². The Kier molecular flexibility index (Phi) is 7.77. The Morgan fingerprint density at radius 2 is 1.38 bits per heavy atom. The number of carbonyl (C=O) groups is 3. The predicted octanol–water partition coefficient (Wildman–Crippen LogP) is 5.42. The molecule has 0 fully saturated rings. The molecule has 192 valence electrons. The van der Waals surface area contributed by atoms with E-state index in [1.54, 1.807) is 20.8 Å². The standard InChI is InChI=1S/C29H30N2O6/c1-29(2,3)37-28(34)31(17-26(32)35-18-20-11-5-4-6-12-20)30-27(33)36-19-25-23-15-9-7-13-21(23)22-14-8-10-16-24(22)25/h4-16,25H,17-19H2,1-3H3,(H,30,33). The maximum atomic E-state index is 12.7. The summed E-state index contributed by atoms with van der Waals surface area (Å²) < 4.78 is 16.1. The van der Waals surface area contributed by atoms with Crippen LogP contribution in [0.5, 0.6) is 0 Å². The lowest BCUT2D eigenvalue weighted by atomic mass is 9.98.